The van der Waals surface area contributed by atoms with E-state index in [9.17, 15) is 4.79 Å². The van der Waals surface area contributed by atoms with E-state index in [2.05, 4.69) is 19.2 Å². The van der Waals surface area contributed by atoms with Crippen molar-refractivity contribution >= 4 is 5.91 Å². The molecule has 0 aromatic carbocycles. The quantitative estimate of drug-likeness (QED) is 0.849. The number of quaternary nitrogens is 1. The minimum Gasteiger partial charge on any atom is -0.463 e. The monoisotopic (exact) mass is 265 g/mol. The molecule has 2 rings (SSSR count). The summed E-state index contributed by atoms with van der Waals surface area (Å²) in [5, 5.41) is 5.18. The molecular formula is C15H25N2O2+. The van der Waals surface area contributed by atoms with Gasteiger partial charge in [0.05, 0.1) is 6.26 Å². The number of rotatable bonds is 5. The van der Waals surface area contributed by atoms with E-state index in [1.807, 2.05) is 17.4 Å². The number of carbonyl (C=O) groups is 1. The van der Waals surface area contributed by atoms with Gasteiger partial charge in [-0.1, -0.05) is 19.8 Å². The molecule has 0 saturated heterocycles. The van der Waals surface area contributed by atoms with Crippen LogP contribution in [0.25, 0.3) is 0 Å². The summed E-state index contributed by atoms with van der Waals surface area (Å²) in [6, 6.07) is 4.38. The van der Waals surface area contributed by atoms with Gasteiger partial charge in [0.15, 0.2) is 12.3 Å². The van der Waals surface area contributed by atoms with Gasteiger partial charge in [-0.2, -0.15) is 0 Å². The Hall–Kier alpha value is -1.29. The summed E-state index contributed by atoms with van der Waals surface area (Å²) in [5.74, 6) is 1.66. The summed E-state index contributed by atoms with van der Waals surface area (Å²) >= 11 is 0. The van der Waals surface area contributed by atoms with Crippen LogP contribution < -0.4 is 10.6 Å². The van der Waals surface area contributed by atoms with Gasteiger partial charge in [-0.25, -0.2) is 0 Å². The van der Waals surface area contributed by atoms with E-state index in [-0.39, 0.29) is 11.9 Å². The first-order valence-electron chi connectivity index (χ1n) is 7.33. The molecule has 4 nitrogen and oxygen atoms in total. The highest BCUT2D eigenvalue weighted by Gasteiger charge is 2.23. The average molecular weight is 265 g/mol. The van der Waals surface area contributed by atoms with Gasteiger partial charge in [-0.3, -0.25) is 4.79 Å². The molecule has 106 valence electrons. The fourth-order valence-electron chi connectivity index (χ4n) is 2.75. The third-order valence-electron chi connectivity index (χ3n) is 4.11. The Bertz CT molecular complexity index is 389. The van der Waals surface area contributed by atoms with Crippen molar-refractivity contribution in [3.05, 3.63) is 24.2 Å². The van der Waals surface area contributed by atoms with E-state index in [0.717, 1.165) is 12.2 Å². The maximum Gasteiger partial charge on any atom is 0.275 e. The van der Waals surface area contributed by atoms with Crippen molar-refractivity contribution in [3.63, 3.8) is 0 Å². The number of furan rings is 1. The first kappa shape index (κ1) is 14.1. The highest BCUT2D eigenvalue weighted by molar-refractivity contribution is 5.77. The molecule has 1 aromatic heterocycles. The Morgan fingerprint density at radius 3 is 3.00 bits per heavy atom. The van der Waals surface area contributed by atoms with E-state index in [1.54, 1.807) is 6.26 Å². The molecule has 1 heterocycles. The number of amides is 1. The fourth-order valence-corrected chi connectivity index (χ4v) is 2.75. The van der Waals surface area contributed by atoms with Gasteiger partial charge in [0, 0.05) is 6.04 Å². The smallest absolute Gasteiger partial charge is 0.275 e. The van der Waals surface area contributed by atoms with E-state index in [1.165, 1.54) is 19.3 Å². The first-order valence-corrected chi connectivity index (χ1v) is 7.33. The Kier molecular flexibility index (Phi) is 5.02. The molecule has 1 saturated carbocycles. The fraction of sp³-hybridized carbons (Fsp3) is 0.667. The van der Waals surface area contributed by atoms with Gasteiger partial charge in [0.1, 0.15) is 6.04 Å². The molecule has 0 unspecified atom stereocenters. The molecule has 19 heavy (non-hydrogen) atoms. The zero-order valence-electron chi connectivity index (χ0n) is 11.9. The van der Waals surface area contributed by atoms with Crippen LogP contribution in [0.15, 0.2) is 22.8 Å². The summed E-state index contributed by atoms with van der Waals surface area (Å²) in [6.07, 6.45) is 6.57. The molecule has 1 aliphatic rings. The summed E-state index contributed by atoms with van der Waals surface area (Å²) in [4.78, 5) is 12.0. The van der Waals surface area contributed by atoms with E-state index < -0.39 is 0 Å². The van der Waals surface area contributed by atoms with Gasteiger partial charge in [-0.15, -0.1) is 0 Å². The Morgan fingerprint density at radius 2 is 2.32 bits per heavy atom. The lowest BCUT2D eigenvalue weighted by Gasteiger charge is -2.29. The van der Waals surface area contributed by atoms with Gasteiger partial charge in [-0.05, 0) is 37.8 Å². The number of nitrogens with one attached hydrogen (secondary N) is 1. The predicted molar refractivity (Wildman–Crippen MR) is 73.5 cm³/mol. The molecule has 1 aliphatic carbocycles. The van der Waals surface area contributed by atoms with E-state index in [0.29, 0.717) is 18.5 Å². The molecule has 3 atom stereocenters. The van der Waals surface area contributed by atoms with Crippen molar-refractivity contribution in [2.75, 3.05) is 6.54 Å². The third-order valence-corrected chi connectivity index (χ3v) is 4.11. The van der Waals surface area contributed by atoms with Crippen LogP contribution in [-0.2, 0) is 4.79 Å². The normalized spacial score (nSPS) is 24.9. The second-order valence-corrected chi connectivity index (χ2v) is 5.68. The highest BCUT2D eigenvalue weighted by atomic mass is 16.3. The van der Waals surface area contributed by atoms with Crippen LogP contribution in [0, 0.1) is 5.92 Å². The van der Waals surface area contributed by atoms with Gasteiger partial charge < -0.3 is 15.1 Å². The minimum absolute atomic E-state index is 0.136. The SMILES string of the molecule is C[C@H]([NH2+]CC(=O)N[C@H]1CCCC[C@H]1C)c1ccco1. The highest BCUT2D eigenvalue weighted by Crippen LogP contribution is 2.23. The standard InChI is InChI=1S/C15H24N2O2/c1-11-6-3-4-7-13(11)17-15(18)10-16-12(2)14-8-5-9-19-14/h5,8-9,11-13,16H,3-4,6-7,10H2,1-2H3,(H,17,18)/p+1/t11-,12+,13+/m1/s1. The van der Waals surface area contributed by atoms with Crippen LogP contribution in [0.5, 0.6) is 0 Å². The van der Waals surface area contributed by atoms with Crippen molar-refractivity contribution in [2.24, 2.45) is 5.92 Å². The number of carbonyl (C=O) groups excluding carboxylic acids is 1. The summed E-state index contributed by atoms with van der Waals surface area (Å²) in [5.41, 5.74) is 0. The number of nitrogens with two attached hydrogens (primary N) is 1. The Morgan fingerprint density at radius 1 is 1.53 bits per heavy atom. The summed E-state index contributed by atoms with van der Waals surface area (Å²) < 4.78 is 5.33. The number of hydrogen-bond donors (Lipinski definition) is 2. The van der Waals surface area contributed by atoms with Crippen molar-refractivity contribution < 1.29 is 14.5 Å². The third kappa shape index (κ3) is 4.10. The summed E-state index contributed by atoms with van der Waals surface area (Å²) in [6.45, 7) is 4.75. The molecule has 3 N–H and O–H groups in total. The van der Waals surface area contributed by atoms with Gasteiger partial charge in [0.2, 0.25) is 0 Å². The van der Waals surface area contributed by atoms with Gasteiger partial charge >= 0.3 is 0 Å². The van der Waals surface area contributed by atoms with Crippen LogP contribution in [0.4, 0.5) is 0 Å². The van der Waals surface area contributed by atoms with Crippen LogP contribution in [0.1, 0.15) is 51.3 Å². The molecule has 1 fully saturated rings. The topological polar surface area (TPSA) is 58.9 Å². The predicted octanol–water partition coefficient (Wildman–Crippen LogP) is 1.60. The van der Waals surface area contributed by atoms with E-state index >= 15 is 0 Å². The van der Waals surface area contributed by atoms with Crippen molar-refractivity contribution in [1.29, 1.82) is 0 Å². The van der Waals surface area contributed by atoms with Crippen LogP contribution >= 0.6 is 0 Å². The van der Waals surface area contributed by atoms with Crippen LogP contribution in [0.3, 0.4) is 0 Å². The zero-order chi connectivity index (χ0) is 13.7. The second-order valence-electron chi connectivity index (χ2n) is 5.68. The first-order chi connectivity index (χ1) is 9.16. The Labute approximate surface area is 114 Å². The lowest BCUT2D eigenvalue weighted by molar-refractivity contribution is -0.684. The maximum atomic E-state index is 12.0. The average Bonchev–Trinajstić information content (AvgIpc) is 2.93. The molecule has 1 amide bonds. The summed E-state index contributed by atoms with van der Waals surface area (Å²) in [7, 11) is 0. The van der Waals surface area contributed by atoms with Crippen LogP contribution in [-0.4, -0.2) is 18.5 Å². The molecule has 0 spiro atoms. The lowest BCUT2D eigenvalue weighted by Crippen LogP contribution is -2.87. The Balaban J connectivity index is 1.72. The molecular weight excluding hydrogens is 240 g/mol. The van der Waals surface area contributed by atoms with Crippen LogP contribution in [0.2, 0.25) is 0 Å². The van der Waals surface area contributed by atoms with Crippen molar-refractivity contribution in [1.82, 2.24) is 5.32 Å². The molecule has 0 bridgehead atoms. The van der Waals surface area contributed by atoms with E-state index in [4.69, 9.17) is 4.42 Å². The number of hydrogen-bond acceptors (Lipinski definition) is 2. The van der Waals surface area contributed by atoms with Crippen molar-refractivity contribution in [2.45, 2.75) is 51.6 Å². The van der Waals surface area contributed by atoms with Gasteiger partial charge in [0.25, 0.3) is 5.91 Å². The molecule has 1 aromatic rings. The van der Waals surface area contributed by atoms with Crippen molar-refractivity contribution in [3.8, 4) is 0 Å². The minimum atomic E-state index is 0.136. The zero-order valence-corrected chi connectivity index (χ0v) is 11.9. The lowest BCUT2D eigenvalue weighted by atomic mass is 9.86. The second kappa shape index (κ2) is 6.75. The largest absolute Gasteiger partial charge is 0.463 e. The maximum absolute atomic E-state index is 12.0. The molecule has 0 radical (unpaired) electrons. The molecule has 4 heteroatoms. The molecule has 0 aliphatic heterocycles.